The molecule has 1 amide bonds. The van der Waals surface area contributed by atoms with E-state index in [1.165, 1.54) is 10.4 Å². The zero-order valence-corrected chi connectivity index (χ0v) is 30.6. The number of benzene rings is 3. The number of hydrogen-bond acceptors (Lipinski definition) is 5. The molecule has 1 aromatic heterocycles. The number of aliphatic hydroxyl groups is 1. The molecule has 0 spiro atoms. The van der Waals surface area contributed by atoms with E-state index in [1.807, 2.05) is 50.6 Å². The molecule has 8 heteroatoms. The third-order valence-corrected chi connectivity index (χ3v) is 13.4. The number of carbonyl (C=O) groups is 1. The summed E-state index contributed by atoms with van der Waals surface area (Å²) in [6, 6.07) is 29.3. The number of carbonyl (C=O) groups excluding carboxylic acids is 1. The highest BCUT2D eigenvalue weighted by atomic mass is 28.4. The molecule has 0 aliphatic heterocycles. The third-order valence-electron chi connectivity index (χ3n) is 8.32. The van der Waals surface area contributed by atoms with Gasteiger partial charge in [-0.25, -0.2) is 9.78 Å². The molecule has 0 saturated heterocycles. The highest BCUT2D eigenvalue weighted by Gasteiger charge is 2.50. The molecule has 4 rings (SSSR count). The molecule has 0 aliphatic carbocycles. The van der Waals surface area contributed by atoms with Crippen molar-refractivity contribution in [3.05, 3.63) is 103 Å². The lowest BCUT2D eigenvalue weighted by molar-refractivity contribution is 0.0497. The van der Waals surface area contributed by atoms with Gasteiger partial charge >= 0.3 is 6.09 Å². The summed E-state index contributed by atoms with van der Waals surface area (Å²) in [5, 5.41) is 16.1. The summed E-state index contributed by atoms with van der Waals surface area (Å²) in [7, 11) is -2.72. The lowest BCUT2D eigenvalue weighted by atomic mass is 10.0. The van der Waals surface area contributed by atoms with Crippen molar-refractivity contribution < 1.29 is 19.1 Å². The Morgan fingerprint density at radius 3 is 1.87 bits per heavy atom. The summed E-state index contributed by atoms with van der Waals surface area (Å²) in [4.78, 5) is 17.8. The highest BCUT2D eigenvalue weighted by molar-refractivity contribution is 6.99. The Bertz CT molecular complexity index is 1540. The van der Waals surface area contributed by atoms with E-state index >= 15 is 0 Å². The van der Waals surface area contributed by atoms with Crippen LogP contribution in [0.5, 0.6) is 0 Å². The van der Waals surface area contributed by atoms with Crippen molar-refractivity contribution >= 4 is 24.8 Å². The summed E-state index contributed by atoms with van der Waals surface area (Å²) in [5.74, 6) is 0.640. The van der Waals surface area contributed by atoms with E-state index in [0.717, 1.165) is 23.4 Å². The number of imidazole rings is 1. The Morgan fingerprint density at radius 1 is 0.872 bits per heavy atom. The molecular formula is C39H53N3O4Si. The van der Waals surface area contributed by atoms with E-state index < -0.39 is 25.6 Å². The van der Waals surface area contributed by atoms with Gasteiger partial charge in [0.1, 0.15) is 17.0 Å². The van der Waals surface area contributed by atoms with Crippen LogP contribution < -0.4 is 15.7 Å². The van der Waals surface area contributed by atoms with Crippen LogP contribution in [0.2, 0.25) is 5.04 Å². The molecule has 1 atom stereocenters. The monoisotopic (exact) mass is 655 g/mol. The second-order valence-corrected chi connectivity index (χ2v) is 19.1. The molecule has 7 nitrogen and oxygen atoms in total. The number of hydrogen-bond donors (Lipinski definition) is 2. The van der Waals surface area contributed by atoms with Gasteiger partial charge in [0.05, 0.1) is 5.69 Å². The Morgan fingerprint density at radius 2 is 1.43 bits per heavy atom. The topological polar surface area (TPSA) is 85.6 Å². The molecule has 0 fully saturated rings. The molecule has 0 aliphatic rings. The number of nitrogens with one attached hydrogen (secondary N) is 1. The van der Waals surface area contributed by atoms with Gasteiger partial charge in [-0.1, -0.05) is 106 Å². The number of amides is 1. The molecular weight excluding hydrogens is 603 g/mol. The van der Waals surface area contributed by atoms with E-state index in [0.29, 0.717) is 25.3 Å². The second kappa shape index (κ2) is 14.6. The fourth-order valence-corrected chi connectivity index (χ4v) is 10.8. The van der Waals surface area contributed by atoms with Crippen LogP contribution in [0.15, 0.2) is 91.1 Å². The molecule has 1 unspecified atom stereocenters. The van der Waals surface area contributed by atoms with E-state index in [4.69, 9.17) is 14.1 Å². The lowest BCUT2D eigenvalue weighted by Crippen LogP contribution is -2.66. The maximum absolute atomic E-state index is 13.0. The molecule has 0 saturated carbocycles. The summed E-state index contributed by atoms with van der Waals surface area (Å²) in [6.45, 7) is 19.2. The summed E-state index contributed by atoms with van der Waals surface area (Å²) in [5.41, 5.74) is 1.23. The standard InChI is InChI=1S/C39H53N3O4Si/c1-10-42-28-34(41-35(42)39(8,9)44)30-23-21-29(22-24-30)27-31(40-36(43)46-37(2,3)4)25-26-45-47(38(5,6)7,32-17-13-11-14-18-32)33-19-15-12-16-20-33/h11-24,28,31,44H,10,25-27H2,1-9H3,(H,40,43). The van der Waals surface area contributed by atoms with Gasteiger partial charge in [0.25, 0.3) is 8.32 Å². The molecule has 252 valence electrons. The minimum atomic E-state index is -2.72. The van der Waals surface area contributed by atoms with Crippen LogP contribution in [0, 0.1) is 0 Å². The summed E-state index contributed by atoms with van der Waals surface area (Å²) >= 11 is 0. The van der Waals surface area contributed by atoms with Gasteiger partial charge in [0, 0.05) is 31.0 Å². The van der Waals surface area contributed by atoms with Crippen molar-refractivity contribution in [1.82, 2.24) is 14.9 Å². The van der Waals surface area contributed by atoms with Gasteiger partial charge in [0.15, 0.2) is 0 Å². The molecule has 0 bridgehead atoms. The molecule has 0 radical (unpaired) electrons. The normalized spacial score (nSPS) is 13.3. The van der Waals surface area contributed by atoms with Gasteiger partial charge in [-0.05, 0) is 75.4 Å². The van der Waals surface area contributed by atoms with Crippen LogP contribution in [0.4, 0.5) is 4.79 Å². The summed E-state index contributed by atoms with van der Waals surface area (Å²) in [6.07, 6.45) is 2.77. The number of nitrogens with zero attached hydrogens (tertiary/aromatic N) is 2. The van der Waals surface area contributed by atoms with Crippen molar-refractivity contribution in [2.75, 3.05) is 6.61 Å². The molecule has 3 aromatic carbocycles. The predicted octanol–water partition coefficient (Wildman–Crippen LogP) is 7.20. The first-order chi connectivity index (χ1) is 22.0. The quantitative estimate of drug-likeness (QED) is 0.158. The SMILES string of the molecule is CCn1cc(-c2ccc(CC(CCO[Si](c3ccccc3)(c3ccccc3)C(C)(C)C)NC(=O)OC(C)(C)C)cc2)nc1C(C)(C)O. The van der Waals surface area contributed by atoms with Crippen molar-refractivity contribution in [2.45, 2.75) is 104 Å². The molecule has 47 heavy (non-hydrogen) atoms. The van der Waals surface area contributed by atoms with Crippen molar-refractivity contribution in [2.24, 2.45) is 0 Å². The van der Waals surface area contributed by atoms with E-state index in [9.17, 15) is 9.90 Å². The number of rotatable bonds is 12. The maximum Gasteiger partial charge on any atom is 0.407 e. The minimum Gasteiger partial charge on any atom is -0.444 e. The van der Waals surface area contributed by atoms with Gasteiger partial charge in [0.2, 0.25) is 0 Å². The second-order valence-electron chi connectivity index (χ2n) is 14.8. The first kappa shape index (κ1) is 36.1. The van der Waals surface area contributed by atoms with Crippen molar-refractivity contribution in [1.29, 1.82) is 0 Å². The van der Waals surface area contributed by atoms with Gasteiger partial charge in [-0.15, -0.1) is 0 Å². The average molecular weight is 656 g/mol. The first-order valence-corrected chi connectivity index (χ1v) is 18.6. The highest BCUT2D eigenvalue weighted by Crippen LogP contribution is 2.37. The third kappa shape index (κ3) is 9.00. The minimum absolute atomic E-state index is 0.143. The van der Waals surface area contributed by atoms with Crippen LogP contribution in [-0.4, -0.2) is 47.3 Å². The Kier molecular flexibility index (Phi) is 11.2. The van der Waals surface area contributed by atoms with Crippen LogP contribution >= 0.6 is 0 Å². The maximum atomic E-state index is 13.0. The van der Waals surface area contributed by atoms with E-state index in [1.54, 1.807) is 13.8 Å². The Hall–Kier alpha value is -3.72. The zero-order valence-electron chi connectivity index (χ0n) is 29.6. The molecule has 2 N–H and O–H groups in total. The predicted molar refractivity (Wildman–Crippen MR) is 194 cm³/mol. The first-order valence-electron chi connectivity index (χ1n) is 16.7. The van der Waals surface area contributed by atoms with Crippen molar-refractivity contribution in [3.8, 4) is 11.3 Å². The Labute approximate surface area is 282 Å². The van der Waals surface area contributed by atoms with Gasteiger partial charge < -0.3 is 24.2 Å². The van der Waals surface area contributed by atoms with Gasteiger partial charge in [-0.3, -0.25) is 0 Å². The zero-order chi connectivity index (χ0) is 34.5. The smallest absolute Gasteiger partial charge is 0.407 e. The summed E-state index contributed by atoms with van der Waals surface area (Å²) < 4.78 is 14.8. The average Bonchev–Trinajstić information content (AvgIpc) is 3.45. The van der Waals surface area contributed by atoms with Crippen LogP contribution in [-0.2, 0) is 27.7 Å². The van der Waals surface area contributed by atoms with Crippen LogP contribution in [0.3, 0.4) is 0 Å². The van der Waals surface area contributed by atoms with Crippen LogP contribution in [0.1, 0.15) is 80.1 Å². The number of ether oxygens (including phenoxy) is 1. The fraction of sp³-hybridized carbons (Fsp3) is 0.436. The van der Waals surface area contributed by atoms with E-state index in [-0.39, 0.29) is 11.1 Å². The Balaban J connectivity index is 1.59. The van der Waals surface area contributed by atoms with Crippen molar-refractivity contribution in [3.63, 3.8) is 0 Å². The number of alkyl carbamates (subject to hydrolysis) is 1. The number of aromatic nitrogens is 2. The fourth-order valence-electron chi connectivity index (χ4n) is 6.20. The molecule has 1 heterocycles. The van der Waals surface area contributed by atoms with Crippen LogP contribution in [0.25, 0.3) is 11.3 Å². The van der Waals surface area contributed by atoms with Gasteiger partial charge in [-0.2, -0.15) is 0 Å². The number of aryl methyl sites for hydroxylation is 1. The molecule has 4 aromatic rings. The lowest BCUT2D eigenvalue weighted by Gasteiger charge is -2.43. The largest absolute Gasteiger partial charge is 0.444 e. The van der Waals surface area contributed by atoms with E-state index in [2.05, 4.69) is 98.9 Å².